The van der Waals surface area contributed by atoms with Gasteiger partial charge in [-0.1, -0.05) is 20.3 Å². The zero-order valence-corrected chi connectivity index (χ0v) is 11.1. The van der Waals surface area contributed by atoms with E-state index in [4.69, 9.17) is 0 Å². The molecule has 15 heavy (non-hydrogen) atoms. The zero-order chi connectivity index (χ0) is 11.4. The summed E-state index contributed by atoms with van der Waals surface area (Å²) in [5.74, 6) is 0.769. The van der Waals surface area contributed by atoms with Crippen molar-refractivity contribution >= 4 is 0 Å². The topological polar surface area (TPSA) is 15.3 Å². The third-order valence-corrected chi connectivity index (χ3v) is 3.52. The lowest BCUT2D eigenvalue weighted by molar-refractivity contribution is 0.120. The van der Waals surface area contributed by atoms with E-state index in [2.05, 4.69) is 45.0 Å². The first-order valence-electron chi connectivity index (χ1n) is 6.49. The van der Waals surface area contributed by atoms with Crippen molar-refractivity contribution < 1.29 is 0 Å². The fourth-order valence-corrected chi connectivity index (χ4v) is 2.82. The molecule has 1 saturated carbocycles. The fourth-order valence-electron chi connectivity index (χ4n) is 2.82. The van der Waals surface area contributed by atoms with Gasteiger partial charge in [0.25, 0.3) is 0 Å². The van der Waals surface area contributed by atoms with Crippen LogP contribution in [-0.4, -0.2) is 36.6 Å². The summed E-state index contributed by atoms with van der Waals surface area (Å²) in [5.41, 5.74) is 0. The van der Waals surface area contributed by atoms with Crippen molar-refractivity contribution in [2.45, 2.75) is 65.1 Å². The number of likely N-dealkylation sites (N-methyl/N-ethyl adjacent to an activating group) is 1. The van der Waals surface area contributed by atoms with Gasteiger partial charge in [0.15, 0.2) is 0 Å². The highest BCUT2D eigenvalue weighted by Gasteiger charge is 2.32. The molecule has 2 heteroatoms. The van der Waals surface area contributed by atoms with Crippen LogP contribution in [0.15, 0.2) is 0 Å². The third kappa shape index (κ3) is 3.46. The molecule has 1 fully saturated rings. The maximum atomic E-state index is 3.48. The standard InChI is InChI=1S/C13H28N2/c1-10(2)9-15(11(3)4)13-8-6-7-12(13)14-5/h10-14H,6-9H2,1-5H3. The molecule has 0 saturated heterocycles. The van der Waals surface area contributed by atoms with Gasteiger partial charge in [-0.2, -0.15) is 0 Å². The van der Waals surface area contributed by atoms with Gasteiger partial charge < -0.3 is 5.32 Å². The summed E-state index contributed by atoms with van der Waals surface area (Å²) in [5, 5.41) is 3.48. The highest BCUT2D eigenvalue weighted by Crippen LogP contribution is 2.26. The summed E-state index contributed by atoms with van der Waals surface area (Å²) in [4.78, 5) is 2.69. The van der Waals surface area contributed by atoms with Crippen LogP contribution in [0.25, 0.3) is 0 Å². The molecule has 0 amide bonds. The largest absolute Gasteiger partial charge is 0.315 e. The summed E-state index contributed by atoms with van der Waals surface area (Å²) in [7, 11) is 2.11. The molecule has 0 radical (unpaired) electrons. The molecule has 2 unspecified atom stereocenters. The summed E-state index contributed by atoms with van der Waals surface area (Å²) in [6.45, 7) is 10.5. The molecule has 0 spiro atoms. The Bertz CT molecular complexity index is 177. The lowest BCUT2D eigenvalue weighted by atomic mass is 10.1. The summed E-state index contributed by atoms with van der Waals surface area (Å²) < 4.78 is 0. The molecule has 0 aromatic heterocycles. The number of hydrogen-bond acceptors (Lipinski definition) is 2. The molecule has 90 valence electrons. The first-order valence-corrected chi connectivity index (χ1v) is 6.49. The van der Waals surface area contributed by atoms with E-state index in [0.29, 0.717) is 12.1 Å². The van der Waals surface area contributed by atoms with Crippen LogP contribution in [0.4, 0.5) is 0 Å². The maximum Gasteiger partial charge on any atom is 0.0252 e. The molecule has 1 aliphatic carbocycles. The quantitative estimate of drug-likeness (QED) is 0.753. The lowest BCUT2D eigenvalue weighted by Crippen LogP contribution is -2.50. The Hall–Kier alpha value is -0.0800. The van der Waals surface area contributed by atoms with E-state index in [1.54, 1.807) is 0 Å². The molecule has 2 nitrogen and oxygen atoms in total. The van der Waals surface area contributed by atoms with Crippen molar-refractivity contribution in [3.63, 3.8) is 0 Å². The van der Waals surface area contributed by atoms with Crippen molar-refractivity contribution in [1.82, 2.24) is 10.2 Å². The molecule has 1 N–H and O–H groups in total. The number of hydrogen-bond donors (Lipinski definition) is 1. The number of rotatable bonds is 5. The molecule has 0 aromatic carbocycles. The maximum absolute atomic E-state index is 3.48. The van der Waals surface area contributed by atoms with Crippen LogP contribution >= 0.6 is 0 Å². The van der Waals surface area contributed by atoms with Crippen LogP contribution < -0.4 is 5.32 Å². The van der Waals surface area contributed by atoms with Crippen molar-refractivity contribution in [2.75, 3.05) is 13.6 Å². The minimum Gasteiger partial charge on any atom is -0.315 e. The van der Waals surface area contributed by atoms with Crippen LogP contribution in [0.3, 0.4) is 0 Å². The van der Waals surface area contributed by atoms with Gasteiger partial charge in [-0.15, -0.1) is 0 Å². The molecule has 0 aliphatic heterocycles. The minimum atomic E-state index is 0.673. The SMILES string of the molecule is CNC1CCCC1N(CC(C)C)C(C)C. The molecule has 1 rings (SSSR count). The first kappa shape index (κ1) is 13.0. The van der Waals surface area contributed by atoms with Gasteiger partial charge in [0, 0.05) is 24.7 Å². The molecular weight excluding hydrogens is 184 g/mol. The van der Waals surface area contributed by atoms with E-state index >= 15 is 0 Å². The summed E-state index contributed by atoms with van der Waals surface area (Å²) in [6.07, 6.45) is 4.11. The Morgan fingerprint density at radius 2 is 1.87 bits per heavy atom. The molecular formula is C13H28N2. The third-order valence-electron chi connectivity index (χ3n) is 3.52. The monoisotopic (exact) mass is 212 g/mol. The highest BCUT2D eigenvalue weighted by atomic mass is 15.2. The second kappa shape index (κ2) is 5.86. The second-order valence-corrected chi connectivity index (χ2v) is 5.58. The van der Waals surface area contributed by atoms with Crippen molar-refractivity contribution in [3.8, 4) is 0 Å². The van der Waals surface area contributed by atoms with E-state index in [1.165, 1.54) is 25.8 Å². The Balaban J connectivity index is 2.61. The van der Waals surface area contributed by atoms with E-state index < -0.39 is 0 Å². The highest BCUT2D eigenvalue weighted by molar-refractivity contribution is 4.91. The van der Waals surface area contributed by atoms with Gasteiger partial charge in [-0.25, -0.2) is 0 Å². The fraction of sp³-hybridized carbons (Fsp3) is 1.00. The van der Waals surface area contributed by atoms with Crippen LogP contribution in [0.2, 0.25) is 0 Å². The summed E-state index contributed by atoms with van der Waals surface area (Å²) in [6, 6.07) is 2.15. The second-order valence-electron chi connectivity index (χ2n) is 5.58. The normalized spacial score (nSPS) is 27.2. The van der Waals surface area contributed by atoms with Gasteiger partial charge in [-0.3, -0.25) is 4.90 Å². The van der Waals surface area contributed by atoms with Gasteiger partial charge in [0.1, 0.15) is 0 Å². The van der Waals surface area contributed by atoms with Crippen molar-refractivity contribution in [1.29, 1.82) is 0 Å². The van der Waals surface area contributed by atoms with Crippen molar-refractivity contribution in [2.24, 2.45) is 5.92 Å². The zero-order valence-electron chi connectivity index (χ0n) is 11.1. The van der Waals surface area contributed by atoms with Gasteiger partial charge >= 0.3 is 0 Å². The van der Waals surface area contributed by atoms with E-state index in [-0.39, 0.29) is 0 Å². The van der Waals surface area contributed by atoms with Crippen LogP contribution in [0.5, 0.6) is 0 Å². The molecule has 0 aromatic rings. The number of nitrogens with one attached hydrogen (secondary N) is 1. The molecule has 2 atom stereocenters. The molecule has 0 bridgehead atoms. The van der Waals surface area contributed by atoms with Gasteiger partial charge in [0.2, 0.25) is 0 Å². The Morgan fingerprint density at radius 3 is 2.33 bits per heavy atom. The first-order chi connectivity index (χ1) is 7.06. The predicted octanol–water partition coefficient (Wildman–Crippen LogP) is 2.49. The predicted molar refractivity (Wildman–Crippen MR) is 67.2 cm³/mol. The van der Waals surface area contributed by atoms with Crippen LogP contribution in [-0.2, 0) is 0 Å². The average Bonchev–Trinajstić information content (AvgIpc) is 2.60. The Morgan fingerprint density at radius 1 is 1.20 bits per heavy atom. The lowest BCUT2D eigenvalue weighted by Gasteiger charge is -2.37. The Kier molecular flexibility index (Phi) is 5.07. The van der Waals surface area contributed by atoms with E-state index in [9.17, 15) is 0 Å². The minimum absolute atomic E-state index is 0.673. The molecule has 1 aliphatic rings. The van der Waals surface area contributed by atoms with Crippen LogP contribution in [0.1, 0.15) is 47.0 Å². The number of nitrogens with zero attached hydrogens (tertiary/aromatic N) is 1. The van der Waals surface area contributed by atoms with Crippen molar-refractivity contribution in [3.05, 3.63) is 0 Å². The Labute approximate surface area is 95.4 Å². The smallest absolute Gasteiger partial charge is 0.0252 e. The van der Waals surface area contributed by atoms with Gasteiger partial charge in [-0.05, 0) is 39.7 Å². The van der Waals surface area contributed by atoms with E-state index in [0.717, 1.165) is 12.0 Å². The van der Waals surface area contributed by atoms with Crippen LogP contribution in [0, 0.1) is 5.92 Å². The average molecular weight is 212 g/mol. The summed E-state index contributed by atoms with van der Waals surface area (Å²) >= 11 is 0. The van der Waals surface area contributed by atoms with E-state index in [1.807, 2.05) is 0 Å². The van der Waals surface area contributed by atoms with Gasteiger partial charge in [0.05, 0.1) is 0 Å². The molecule has 0 heterocycles.